The first-order valence-corrected chi connectivity index (χ1v) is 6.06. The van der Waals surface area contributed by atoms with Crippen LogP contribution in [-0.2, 0) is 14.3 Å². The van der Waals surface area contributed by atoms with E-state index in [4.69, 9.17) is 4.74 Å². The molecule has 1 saturated heterocycles. The lowest BCUT2D eigenvalue weighted by atomic mass is 9.33. The third kappa shape index (κ3) is 0.886. The molecule has 94 valence electrons. The Morgan fingerprint density at radius 1 is 1.35 bits per heavy atom. The van der Waals surface area contributed by atoms with Crippen LogP contribution < -0.4 is 0 Å². The minimum atomic E-state index is -0.985. The highest BCUT2D eigenvalue weighted by molar-refractivity contribution is 5.93. The van der Waals surface area contributed by atoms with Gasteiger partial charge in [-0.1, -0.05) is 12.8 Å². The van der Waals surface area contributed by atoms with Crippen molar-refractivity contribution in [2.45, 2.75) is 32.1 Å². The van der Waals surface area contributed by atoms with E-state index >= 15 is 0 Å². The van der Waals surface area contributed by atoms with Crippen LogP contribution >= 0.6 is 0 Å². The Morgan fingerprint density at radius 3 is 2.71 bits per heavy atom. The van der Waals surface area contributed by atoms with Crippen molar-refractivity contribution < 1.29 is 24.5 Å². The van der Waals surface area contributed by atoms with E-state index in [-0.39, 0.29) is 13.2 Å². The van der Waals surface area contributed by atoms with Crippen LogP contribution in [0.2, 0.25) is 0 Å². The number of esters is 1. The maximum Gasteiger partial charge on any atom is 0.314 e. The predicted octanol–water partition coefficient (Wildman–Crippen LogP) is 0.557. The van der Waals surface area contributed by atoms with Gasteiger partial charge in [-0.15, -0.1) is 0 Å². The first kappa shape index (κ1) is 11.0. The average molecular weight is 240 g/mol. The van der Waals surface area contributed by atoms with Crippen LogP contribution in [0.1, 0.15) is 32.1 Å². The standard InChI is InChI=1S/C12H16O5/c13-6-10-5-11(8(14)15)3-1-2-4-12(10,11)9(16)17-7-10/h13H,1-7H2,(H,14,15)/t10-,11-,12-/m1/s1. The van der Waals surface area contributed by atoms with Crippen LogP contribution in [0.4, 0.5) is 0 Å². The number of rotatable bonds is 2. The Hall–Kier alpha value is -1.10. The maximum absolute atomic E-state index is 12.1. The maximum atomic E-state index is 12.1. The molecule has 5 nitrogen and oxygen atoms in total. The van der Waals surface area contributed by atoms with Gasteiger partial charge in [-0.05, 0) is 19.3 Å². The minimum Gasteiger partial charge on any atom is -0.481 e. The Kier molecular flexibility index (Phi) is 1.95. The van der Waals surface area contributed by atoms with E-state index < -0.39 is 28.2 Å². The van der Waals surface area contributed by atoms with Gasteiger partial charge in [0, 0.05) is 5.41 Å². The molecule has 2 saturated carbocycles. The highest BCUT2D eigenvalue weighted by Crippen LogP contribution is 2.76. The van der Waals surface area contributed by atoms with Gasteiger partial charge in [0.25, 0.3) is 0 Å². The first-order valence-electron chi connectivity index (χ1n) is 6.06. The molecule has 2 N–H and O–H groups in total. The number of carboxylic acids is 1. The summed E-state index contributed by atoms with van der Waals surface area (Å²) in [5.41, 5.74) is -2.58. The molecule has 3 aliphatic rings. The van der Waals surface area contributed by atoms with E-state index in [1.54, 1.807) is 0 Å². The van der Waals surface area contributed by atoms with Gasteiger partial charge in [0.2, 0.25) is 0 Å². The summed E-state index contributed by atoms with van der Waals surface area (Å²) in [6.45, 7) is 0.0190. The fourth-order valence-corrected chi connectivity index (χ4v) is 4.52. The summed E-state index contributed by atoms with van der Waals surface area (Å²) < 4.78 is 5.11. The number of carboxylic acid groups (broad SMARTS) is 1. The van der Waals surface area contributed by atoms with Crippen molar-refractivity contribution in [2.75, 3.05) is 13.2 Å². The molecule has 0 aromatic heterocycles. The SMILES string of the molecule is O=C(O)[C@]12CCCC[C@]13C(=O)OC[C@]3(CO)C2. The van der Waals surface area contributed by atoms with Crippen LogP contribution in [0.5, 0.6) is 0 Å². The molecule has 0 unspecified atom stereocenters. The number of cyclic esters (lactones) is 1. The summed E-state index contributed by atoms with van der Waals surface area (Å²) in [6.07, 6.45) is 3.12. The predicted molar refractivity (Wildman–Crippen MR) is 56.1 cm³/mol. The molecular weight excluding hydrogens is 224 g/mol. The van der Waals surface area contributed by atoms with Crippen molar-refractivity contribution in [2.24, 2.45) is 16.2 Å². The number of carbonyl (C=O) groups excluding carboxylic acids is 1. The van der Waals surface area contributed by atoms with Gasteiger partial charge < -0.3 is 14.9 Å². The topological polar surface area (TPSA) is 83.8 Å². The fourth-order valence-electron chi connectivity index (χ4n) is 4.52. The summed E-state index contributed by atoms with van der Waals surface area (Å²) in [5.74, 6) is -1.31. The van der Waals surface area contributed by atoms with E-state index in [0.717, 1.165) is 12.8 Å². The van der Waals surface area contributed by atoms with Crippen molar-refractivity contribution >= 4 is 11.9 Å². The molecule has 3 atom stereocenters. The molecule has 0 radical (unpaired) electrons. The minimum absolute atomic E-state index is 0.159. The van der Waals surface area contributed by atoms with Gasteiger partial charge in [0.05, 0.1) is 17.4 Å². The number of carbonyl (C=O) groups is 2. The molecule has 0 bridgehead atoms. The second kappa shape index (κ2) is 3.02. The van der Waals surface area contributed by atoms with Crippen LogP contribution in [0, 0.1) is 16.2 Å². The lowest BCUT2D eigenvalue weighted by Crippen LogP contribution is -2.71. The van der Waals surface area contributed by atoms with E-state index in [9.17, 15) is 19.8 Å². The third-order valence-corrected chi connectivity index (χ3v) is 5.31. The van der Waals surface area contributed by atoms with E-state index in [2.05, 4.69) is 0 Å². The van der Waals surface area contributed by atoms with Crippen molar-refractivity contribution in [1.29, 1.82) is 0 Å². The van der Waals surface area contributed by atoms with Crippen LogP contribution in [0.15, 0.2) is 0 Å². The van der Waals surface area contributed by atoms with Crippen molar-refractivity contribution in [3.8, 4) is 0 Å². The van der Waals surface area contributed by atoms with Crippen LogP contribution in [0.3, 0.4) is 0 Å². The smallest absolute Gasteiger partial charge is 0.314 e. The lowest BCUT2D eigenvalue weighted by Gasteiger charge is -2.64. The summed E-state index contributed by atoms with van der Waals surface area (Å²) in [7, 11) is 0. The number of aliphatic hydroxyl groups excluding tert-OH is 1. The Morgan fingerprint density at radius 2 is 2.06 bits per heavy atom. The molecule has 2 aliphatic carbocycles. The molecule has 3 fully saturated rings. The number of ether oxygens (including phenoxy) is 1. The van der Waals surface area contributed by atoms with Gasteiger partial charge in [-0.25, -0.2) is 0 Å². The highest BCUT2D eigenvalue weighted by atomic mass is 16.5. The number of hydrogen-bond donors (Lipinski definition) is 2. The zero-order valence-electron chi connectivity index (χ0n) is 9.57. The number of aliphatic hydroxyl groups is 1. The monoisotopic (exact) mass is 240 g/mol. The van der Waals surface area contributed by atoms with Crippen LogP contribution in [-0.4, -0.2) is 35.4 Å². The molecule has 5 heteroatoms. The summed E-state index contributed by atoms with van der Waals surface area (Å²) in [5, 5.41) is 19.1. The second-order valence-electron chi connectivity index (χ2n) is 5.69. The van der Waals surface area contributed by atoms with Gasteiger partial charge in [-0.2, -0.15) is 0 Å². The van der Waals surface area contributed by atoms with Gasteiger partial charge in [0.15, 0.2) is 0 Å². The molecule has 3 rings (SSSR count). The van der Waals surface area contributed by atoms with Gasteiger partial charge in [-0.3, -0.25) is 9.59 Å². The summed E-state index contributed by atoms with van der Waals surface area (Å²) in [6, 6.07) is 0. The van der Waals surface area contributed by atoms with Crippen molar-refractivity contribution in [3.05, 3.63) is 0 Å². The molecule has 17 heavy (non-hydrogen) atoms. The number of hydrogen-bond acceptors (Lipinski definition) is 4. The van der Waals surface area contributed by atoms with Crippen molar-refractivity contribution in [3.63, 3.8) is 0 Å². The molecule has 0 aromatic carbocycles. The van der Waals surface area contributed by atoms with E-state index in [1.807, 2.05) is 0 Å². The molecule has 1 spiro atoms. The fraction of sp³-hybridized carbons (Fsp3) is 0.833. The van der Waals surface area contributed by atoms with Crippen LogP contribution in [0.25, 0.3) is 0 Å². The summed E-state index contributed by atoms with van der Waals surface area (Å²) >= 11 is 0. The first-order chi connectivity index (χ1) is 8.05. The van der Waals surface area contributed by atoms with Gasteiger partial charge >= 0.3 is 11.9 Å². The molecule has 0 amide bonds. The van der Waals surface area contributed by atoms with E-state index in [1.165, 1.54) is 0 Å². The summed E-state index contributed by atoms with van der Waals surface area (Å²) in [4.78, 5) is 23.7. The molecular formula is C12H16O5. The zero-order valence-corrected chi connectivity index (χ0v) is 9.57. The largest absolute Gasteiger partial charge is 0.481 e. The molecule has 0 aromatic rings. The Balaban J connectivity index is 2.13. The quantitative estimate of drug-likeness (QED) is 0.689. The Labute approximate surface area is 98.8 Å². The molecule has 1 heterocycles. The third-order valence-electron chi connectivity index (χ3n) is 5.31. The van der Waals surface area contributed by atoms with Crippen molar-refractivity contribution in [1.82, 2.24) is 0 Å². The zero-order chi connectivity index (χ0) is 12.3. The Bertz CT molecular complexity index is 406. The van der Waals surface area contributed by atoms with Gasteiger partial charge in [0.1, 0.15) is 6.61 Å². The average Bonchev–Trinajstić information content (AvgIpc) is 2.49. The highest BCUT2D eigenvalue weighted by Gasteiger charge is 2.83. The number of aliphatic carboxylic acids is 1. The molecule has 1 aliphatic heterocycles. The second-order valence-corrected chi connectivity index (χ2v) is 5.69. The lowest BCUT2D eigenvalue weighted by molar-refractivity contribution is -0.234. The normalized spacial score (nSPS) is 47.7. The van der Waals surface area contributed by atoms with E-state index in [0.29, 0.717) is 19.3 Å².